The predicted molar refractivity (Wildman–Crippen MR) is 166 cm³/mol. The molecule has 0 heterocycles. The third-order valence-electron chi connectivity index (χ3n) is 4.29. The lowest BCUT2D eigenvalue weighted by atomic mass is 10.1. The molecule has 2 unspecified atom stereocenters. The molecular formula is C20H12Br10O. The second-order valence-electron chi connectivity index (χ2n) is 6.19. The molecule has 31 heavy (non-hydrogen) atoms. The Kier molecular flexibility index (Phi) is 12.8. The lowest BCUT2D eigenvalue weighted by Gasteiger charge is -2.24. The van der Waals surface area contributed by atoms with Crippen molar-refractivity contribution in [3.8, 4) is 0 Å². The topological polar surface area (TPSA) is 9.23 Å². The first kappa shape index (κ1) is 29.9. The molecule has 0 N–H and O–H groups in total. The first-order chi connectivity index (χ1) is 14.5. The van der Waals surface area contributed by atoms with Crippen molar-refractivity contribution in [2.45, 2.75) is 25.0 Å². The number of rotatable bonds is 8. The summed E-state index contributed by atoms with van der Waals surface area (Å²) in [6.07, 6.45) is 4.42. The minimum atomic E-state index is -0.226. The average molecular weight is 1070 g/mol. The highest BCUT2D eigenvalue weighted by Crippen LogP contribution is 2.46. The minimum Gasteiger partial charge on any atom is -0.366 e. The molecule has 0 fully saturated rings. The highest BCUT2D eigenvalue weighted by molar-refractivity contribution is 9.16. The van der Waals surface area contributed by atoms with Crippen LogP contribution in [0.3, 0.4) is 0 Å². The molecule has 11 heteroatoms. The van der Waals surface area contributed by atoms with Crippen LogP contribution in [0.2, 0.25) is 0 Å². The van der Waals surface area contributed by atoms with Crippen LogP contribution in [0.15, 0.2) is 70.0 Å². The molecule has 2 rings (SSSR count). The van der Waals surface area contributed by atoms with Gasteiger partial charge in [-0.1, -0.05) is 12.2 Å². The first-order valence-electron chi connectivity index (χ1n) is 8.37. The molecule has 168 valence electrons. The molecule has 2 atom stereocenters. The lowest BCUT2D eigenvalue weighted by molar-refractivity contribution is 0.0421. The molecule has 2 aromatic rings. The van der Waals surface area contributed by atoms with E-state index in [1.807, 2.05) is 12.2 Å². The van der Waals surface area contributed by atoms with Crippen LogP contribution in [0, 0.1) is 0 Å². The van der Waals surface area contributed by atoms with Crippen molar-refractivity contribution in [1.82, 2.24) is 0 Å². The quantitative estimate of drug-likeness (QED) is 0.145. The van der Waals surface area contributed by atoms with E-state index in [2.05, 4.69) is 172 Å². The summed E-state index contributed by atoms with van der Waals surface area (Å²) in [6.45, 7) is 7.97. The van der Waals surface area contributed by atoms with Crippen molar-refractivity contribution < 1.29 is 4.74 Å². The fourth-order valence-electron chi connectivity index (χ4n) is 2.66. The van der Waals surface area contributed by atoms with E-state index in [1.165, 1.54) is 0 Å². The summed E-state index contributed by atoms with van der Waals surface area (Å²) in [6, 6.07) is 0. The van der Waals surface area contributed by atoms with E-state index in [0.717, 1.165) is 55.9 Å². The second-order valence-corrected chi connectivity index (χ2v) is 14.1. The van der Waals surface area contributed by atoms with E-state index in [1.54, 1.807) is 0 Å². The molecule has 1 nitrogen and oxygen atoms in total. The van der Waals surface area contributed by atoms with Gasteiger partial charge < -0.3 is 4.74 Å². The summed E-state index contributed by atoms with van der Waals surface area (Å²) in [4.78, 5) is 0. The van der Waals surface area contributed by atoms with E-state index in [0.29, 0.717) is 12.8 Å². The van der Waals surface area contributed by atoms with Crippen LogP contribution in [-0.4, -0.2) is 12.2 Å². The third kappa shape index (κ3) is 6.92. The summed E-state index contributed by atoms with van der Waals surface area (Å²) in [5.41, 5.74) is 2.12. The Bertz CT molecular complexity index is 894. The number of benzene rings is 2. The van der Waals surface area contributed by atoms with Crippen LogP contribution in [0.5, 0.6) is 0 Å². The van der Waals surface area contributed by atoms with Crippen molar-refractivity contribution in [3.05, 3.63) is 81.2 Å². The zero-order chi connectivity index (χ0) is 23.6. The molecule has 0 spiro atoms. The molecule has 0 saturated carbocycles. The van der Waals surface area contributed by atoms with Crippen LogP contribution >= 0.6 is 159 Å². The highest BCUT2D eigenvalue weighted by Gasteiger charge is 2.24. The average Bonchev–Trinajstić information content (AvgIpc) is 2.77. The third-order valence-corrected chi connectivity index (χ3v) is 16.8. The zero-order valence-corrected chi connectivity index (χ0v) is 31.2. The summed E-state index contributed by atoms with van der Waals surface area (Å²) in [5.74, 6) is 0. The van der Waals surface area contributed by atoms with Crippen LogP contribution in [0.4, 0.5) is 0 Å². The maximum atomic E-state index is 6.39. The molecule has 0 bridgehead atoms. The van der Waals surface area contributed by atoms with E-state index < -0.39 is 0 Å². The standard InChI is InChI=1S/C20H12Br10O/c1-3-7(5-9-11(21)15(25)19(29)16(26)12(9)22)31-8(4-2)6-10-13(23)17(27)20(30)18(28)14(10)24/h3-4,7-8H,1-2,5-6H2. The zero-order valence-electron chi connectivity index (χ0n) is 15.3. The predicted octanol–water partition coefficient (Wildman–Crippen LogP) is 12.2. The van der Waals surface area contributed by atoms with Gasteiger partial charge >= 0.3 is 0 Å². The van der Waals surface area contributed by atoms with Gasteiger partial charge in [0.25, 0.3) is 0 Å². The molecule has 0 aliphatic rings. The molecule has 0 amide bonds. The van der Waals surface area contributed by atoms with Gasteiger partial charge in [-0.25, -0.2) is 0 Å². The van der Waals surface area contributed by atoms with Gasteiger partial charge in [0.1, 0.15) is 0 Å². The van der Waals surface area contributed by atoms with Gasteiger partial charge in [-0.15, -0.1) is 13.2 Å². The van der Waals surface area contributed by atoms with E-state index >= 15 is 0 Å². The number of hydrogen-bond donors (Lipinski definition) is 0. The van der Waals surface area contributed by atoms with Gasteiger partial charge in [0, 0.05) is 57.6 Å². The van der Waals surface area contributed by atoms with Gasteiger partial charge in [-0.05, 0) is 170 Å². The summed E-state index contributed by atoms with van der Waals surface area (Å²) < 4.78 is 15.8. The van der Waals surface area contributed by atoms with Crippen molar-refractivity contribution in [3.63, 3.8) is 0 Å². The lowest BCUT2D eigenvalue weighted by Crippen LogP contribution is -2.23. The van der Waals surface area contributed by atoms with E-state index in [-0.39, 0.29) is 12.2 Å². The SMILES string of the molecule is C=CC(Cc1c(Br)c(Br)c(Br)c(Br)c1Br)OC(C=C)Cc1c(Br)c(Br)c(Br)c(Br)c1Br. The number of ether oxygens (including phenoxy) is 1. The van der Waals surface area contributed by atoms with Crippen molar-refractivity contribution in [2.75, 3.05) is 0 Å². The molecule has 0 radical (unpaired) electrons. The van der Waals surface area contributed by atoms with Gasteiger partial charge in [0.15, 0.2) is 0 Å². The normalized spacial score (nSPS) is 13.2. The first-order valence-corrected chi connectivity index (χ1v) is 16.3. The van der Waals surface area contributed by atoms with Crippen molar-refractivity contribution in [1.29, 1.82) is 0 Å². The Labute approximate surface area is 266 Å². The maximum absolute atomic E-state index is 6.39. The highest BCUT2D eigenvalue weighted by atomic mass is 79.9. The molecule has 0 aliphatic heterocycles. The smallest absolute Gasteiger partial charge is 0.0802 e. The summed E-state index contributed by atoms with van der Waals surface area (Å²) >= 11 is 36.4. The fourth-order valence-corrected chi connectivity index (χ4v) is 9.57. The Hall–Kier alpha value is 2.68. The second kappa shape index (κ2) is 13.3. The van der Waals surface area contributed by atoms with Gasteiger partial charge in [0.05, 0.1) is 12.2 Å². The molecule has 0 aromatic heterocycles. The van der Waals surface area contributed by atoms with Crippen molar-refractivity contribution in [2.24, 2.45) is 0 Å². The largest absolute Gasteiger partial charge is 0.366 e. The summed E-state index contributed by atoms with van der Waals surface area (Å²) in [5, 5.41) is 0. The van der Waals surface area contributed by atoms with E-state index in [4.69, 9.17) is 4.74 Å². The number of halogens is 10. The van der Waals surface area contributed by atoms with Gasteiger partial charge in [0.2, 0.25) is 0 Å². The van der Waals surface area contributed by atoms with Crippen molar-refractivity contribution >= 4 is 159 Å². The maximum Gasteiger partial charge on any atom is 0.0802 e. The minimum absolute atomic E-state index is 0.226. The van der Waals surface area contributed by atoms with Crippen LogP contribution in [0.1, 0.15) is 11.1 Å². The molecular weight excluding hydrogens is 1060 g/mol. The molecule has 0 aliphatic carbocycles. The Morgan fingerprint density at radius 3 is 0.935 bits per heavy atom. The Balaban J connectivity index is 2.33. The van der Waals surface area contributed by atoms with Gasteiger partial charge in [-0.2, -0.15) is 0 Å². The van der Waals surface area contributed by atoms with Crippen LogP contribution < -0.4 is 0 Å². The molecule has 0 saturated heterocycles. The molecule has 2 aromatic carbocycles. The fraction of sp³-hybridized carbons (Fsp3) is 0.200. The number of hydrogen-bond acceptors (Lipinski definition) is 1. The monoisotopic (exact) mass is 1060 g/mol. The van der Waals surface area contributed by atoms with Gasteiger partial charge in [-0.3, -0.25) is 0 Å². The van der Waals surface area contributed by atoms with Crippen LogP contribution in [-0.2, 0) is 17.6 Å². The Morgan fingerprint density at radius 1 is 0.484 bits per heavy atom. The van der Waals surface area contributed by atoms with Crippen LogP contribution in [0.25, 0.3) is 0 Å². The van der Waals surface area contributed by atoms with E-state index in [9.17, 15) is 0 Å². The summed E-state index contributed by atoms with van der Waals surface area (Å²) in [7, 11) is 0. The Morgan fingerprint density at radius 2 is 0.710 bits per heavy atom.